The van der Waals surface area contributed by atoms with Gasteiger partial charge in [-0.2, -0.15) is 0 Å². The number of carbonyl (C=O) groups is 1. The summed E-state index contributed by atoms with van der Waals surface area (Å²) in [6, 6.07) is 7.46. The lowest BCUT2D eigenvalue weighted by Gasteiger charge is -2.24. The topological polar surface area (TPSA) is 53.7 Å². The molecule has 4 nitrogen and oxygen atoms in total. The third kappa shape index (κ3) is 2.69. The first kappa shape index (κ1) is 13.8. The first-order valence-corrected chi connectivity index (χ1v) is 6.84. The number of benzene rings is 1. The summed E-state index contributed by atoms with van der Waals surface area (Å²) in [5.41, 5.74) is 1.29. The van der Waals surface area contributed by atoms with Crippen LogP contribution in [0.2, 0.25) is 0 Å². The highest BCUT2D eigenvalue weighted by Crippen LogP contribution is 2.33. The zero-order chi connectivity index (χ0) is 15.0. The molecule has 110 valence electrons. The second-order valence-electron chi connectivity index (χ2n) is 5.36. The van der Waals surface area contributed by atoms with Crippen LogP contribution in [0.5, 0.6) is 0 Å². The van der Waals surface area contributed by atoms with Crippen LogP contribution in [0.1, 0.15) is 34.1 Å². The molecule has 0 bridgehead atoms. The Labute approximate surface area is 121 Å². The average molecular weight is 289 g/mol. The number of nitrogens with zero attached hydrogens (tertiary/aromatic N) is 1. The van der Waals surface area contributed by atoms with Crippen molar-refractivity contribution in [2.75, 3.05) is 6.54 Å². The zero-order valence-corrected chi connectivity index (χ0v) is 11.6. The molecule has 0 saturated carbocycles. The summed E-state index contributed by atoms with van der Waals surface area (Å²) in [7, 11) is 0. The lowest BCUT2D eigenvalue weighted by atomic mass is 10.0. The average Bonchev–Trinajstić information content (AvgIpc) is 3.05. The number of hydrogen-bond donors (Lipinski definition) is 1. The molecule has 1 aromatic heterocycles. The van der Waals surface area contributed by atoms with Gasteiger partial charge in [-0.25, -0.2) is 4.39 Å². The number of aliphatic hydroxyl groups is 1. The van der Waals surface area contributed by atoms with Crippen LogP contribution in [-0.4, -0.2) is 28.6 Å². The molecule has 1 aromatic carbocycles. The van der Waals surface area contributed by atoms with Crippen LogP contribution in [0.4, 0.5) is 4.39 Å². The van der Waals surface area contributed by atoms with Crippen LogP contribution < -0.4 is 0 Å². The van der Waals surface area contributed by atoms with Crippen molar-refractivity contribution in [2.45, 2.75) is 25.5 Å². The second kappa shape index (κ2) is 5.33. The Bertz CT molecular complexity index is 650. The number of aliphatic hydroxyl groups excluding tert-OH is 1. The minimum Gasteiger partial charge on any atom is -0.469 e. The van der Waals surface area contributed by atoms with Gasteiger partial charge < -0.3 is 14.4 Å². The van der Waals surface area contributed by atoms with E-state index in [0.717, 1.165) is 5.56 Å². The maximum absolute atomic E-state index is 13.0. The van der Waals surface area contributed by atoms with Crippen molar-refractivity contribution in [2.24, 2.45) is 0 Å². The molecule has 2 aromatic rings. The van der Waals surface area contributed by atoms with Gasteiger partial charge in [-0.1, -0.05) is 12.1 Å². The third-order valence-electron chi connectivity index (χ3n) is 3.77. The van der Waals surface area contributed by atoms with Crippen LogP contribution in [0.15, 0.2) is 41.0 Å². The Morgan fingerprint density at radius 3 is 2.71 bits per heavy atom. The molecule has 0 aliphatic carbocycles. The Morgan fingerprint density at radius 2 is 2.10 bits per heavy atom. The van der Waals surface area contributed by atoms with E-state index in [0.29, 0.717) is 17.7 Å². The molecule has 1 N–H and O–H groups in total. The lowest BCUT2D eigenvalue weighted by Crippen LogP contribution is -2.31. The Hall–Kier alpha value is -2.14. The summed E-state index contributed by atoms with van der Waals surface area (Å²) >= 11 is 0. The van der Waals surface area contributed by atoms with E-state index in [1.165, 1.54) is 18.4 Å². The smallest absolute Gasteiger partial charge is 0.257 e. The molecule has 0 unspecified atom stereocenters. The van der Waals surface area contributed by atoms with Crippen LogP contribution in [-0.2, 0) is 0 Å². The third-order valence-corrected chi connectivity index (χ3v) is 3.77. The number of aryl methyl sites for hydroxylation is 1. The van der Waals surface area contributed by atoms with Crippen LogP contribution in [0.25, 0.3) is 0 Å². The Kier molecular flexibility index (Phi) is 3.51. The molecule has 5 heteroatoms. The highest BCUT2D eigenvalue weighted by atomic mass is 19.1. The number of halogens is 1. The first-order chi connectivity index (χ1) is 10.0. The molecule has 21 heavy (non-hydrogen) atoms. The van der Waals surface area contributed by atoms with Crippen molar-refractivity contribution in [3.63, 3.8) is 0 Å². The molecule has 0 spiro atoms. The lowest BCUT2D eigenvalue weighted by molar-refractivity contribution is 0.0715. The number of rotatable bonds is 2. The second-order valence-corrected chi connectivity index (χ2v) is 5.36. The van der Waals surface area contributed by atoms with Crippen molar-refractivity contribution in [1.82, 2.24) is 4.90 Å². The number of likely N-dealkylation sites (tertiary alicyclic amines) is 1. The zero-order valence-electron chi connectivity index (χ0n) is 11.6. The molecule has 1 saturated heterocycles. The maximum Gasteiger partial charge on any atom is 0.257 e. The molecule has 2 heterocycles. The predicted molar refractivity (Wildman–Crippen MR) is 74.2 cm³/mol. The number of amides is 1. The van der Waals surface area contributed by atoms with Gasteiger partial charge >= 0.3 is 0 Å². The fourth-order valence-corrected chi connectivity index (χ4v) is 2.76. The first-order valence-electron chi connectivity index (χ1n) is 6.84. The quantitative estimate of drug-likeness (QED) is 0.924. The molecule has 1 amide bonds. The van der Waals surface area contributed by atoms with E-state index in [-0.39, 0.29) is 24.3 Å². The van der Waals surface area contributed by atoms with Gasteiger partial charge in [0.25, 0.3) is 5.91 Å². The van der Waals surface area contributed by atoms with Gasteiger partial charge in [0.15, 0.2) is 0 Å². The number of hydrogen-bond acceptors (Lipinski definition) is 3. The minimum absolute atomic E-state index is 0.183. The van der Waals surface area contributed by atoms with E-state index >= 15 is 0 Å². The summed E-state index contributed by atoms with van der Waals surface area (Å²) < 4.78 is 18.2. The Balaban J connectivity index is 1.88. The SMILES string of the molecule is Cc1cc(C(=O)N2C[C@@H](O)C[C@H]2c2ccc(F)cc2)co1. The van der Waals surface area contributed by atoms with Crippen molar-refractivity contribution in [3.05, 3.63) is 59.3 Å². The number of furan rings is 1. The summed E-state index contributed by atoms with van der Waals surface area (Å²) in [6.45, 7) is 2.04. The summed E-state index contributed by atoms with van der Waals surface area (Å²) in [5, 5.41) is 9.90. The standard InChI is InChI=1S/C16H16FNO3/c1-10-6-12(9-21-10)16(20)18-8-14(19)7-15(18)11-2-4-13(17)5-3-11/h2-6,9,14-15,19H,7-8H2,1H3/t14-,15-/m0/s1. The van der Waals surface area contributed by atoms with Crippen LogP contribution >= 0.6 is 0 Å². The molecule has 2 atom stereocenters. The Morgan fingerprint density at radius 1 is 1.38 bits per heavy atom. The fraction of sp³-hybridized carbons (Fsp3) is 0.312. The highest BCUT2D eigenvalue weighted by Gasteiger charge is 2.36. The number of β-amino-alcohol motifs (C(OH)–C–C–N with tert-alkyl or cyclic N) is 1. The molecule has 1 fully saturated rings. The van der Waals surface area contributed by atoms with Crippen molar-refractivity contribution in [3.8, 4) is 0 Å². The van der Waals surface area contributed by atoms with Gasteiger partial charge in [0.05, 0.1) is 17.7 Å². The molecular weight excluding hydrogens is 273 g/mol. The fourth-order valence-electron chi connectivity index (χ4n) is 2.76. The molecule has 0 radical (unpaired) electrons. The summed E-state index contributed by atoms with van der Waals surface area (Å²) in [5.74, 6) is 0.162. The van der Waals surface area contributed by atoms with E-state index in [2.05, 4.69) is 0 Å². The van der Waals surface area contributed by atoms with E-state index in [1.807, 2.05) is 0 Å². The normalized spacial score (nSPS) is 21.8. The van der Waals surface area contributed by atoms with Crippen molar-refractivity contribution in [1.29, 1.82) is 0 Å². The van der Waals surface area contributed by atoms with Gasteiger partial charge in [-0.05, 0) is 37.1 Å². The van der Waals surface area contributed by atoms with E-state index in [4.69, 9.17) is 4.42 Å². The largest absolute Gasteiger partial charge is 0.469 e. The van der Waals surface area contributed by atoms with E-state index in [1.54, 1.807) is 30.0 Å². The molecule has 1 aliphatic heterocycles. The van der Waals surface area contributed by atoms with Gasteiger partial charge in [0, 0.05) is 6.54 Å². The van der Waals surface area contributed by atoms with Gasteiger partial charge in [-0.15, -0.1) is 0 Å². The van der Waals surface area contributed by atoms with Crippen molar-refractivity contribution < 1.29 is 18.7 Å². The monoisotopic (exact) mass is 289 g/mol. The van der Waals surface area contributed by atoms with Gasteiger partial charge in [0.2, 0.25) is 0 Å². The minimum atomic E-state index is -0.572. The van der Waals surface area contributed by atoms with Gasteiger partial charge in [-0.3, -0.25) is 4.79 Å². The van der Waals surface area contributed by atoms with E-state index < -0.39 is 6.10 Å². The predicted octanol–water partition coefficient (Wildman–Crippen LogP) is 2.68. The molecule has 1 aliphatic rings. The summed E-state index contributed by atoms with van der Waals surface area (Å²) in [6.07, 6.45) is 1.30. The van der Waals surface area contributed by atoms with Crippen LogP contribution in [0.3, 0.4) is 0 Å². The molecular formula is C16H16FNO3. The number of carbonyl (C=O) groups excluding carboxylic acids is 1. The summed E-state index contributed by atoms with van der Waals surface area (Å²) in [4.78, 5) is 14.2. The van der Waals surface area contributed by atoms with Crippen molar-refractivity contribution >= 4 is 5.91 Å². The molecule has 3 rings (SSSR count). The highest BCUT2D eigenvalue weighted by molar-refractivity contribution is 5.94. The maximum atomic E-state index is 13.0. The van der Waals surface area contributed by atoms with Crippen LogP contribution in [0, 0.1) is 12.7 Å². The van der Waals surface area contributed by atoms with E-state index in [9.17, 15) is 14.3 Å². The van der Waals surface area contributed by atoms with Gasteiger partial charge in [0.1, 0.15) is 17.8 Å².